The summed E-state index contributed by atoms with van der Waals surface area (Å²) >= 11 is 0. The molecule has 3 rings (SSSR count). The van der Waals surface area contributed by atoms with E-state index in [0.29, 0.717) is 13.0 Å². The fraction of sp³-hybridized carbons (Fsp3) is 0.350. The Kier molecular flexibility index (Phi) is 5.94. The molecule has 3 N–H and O–H groups in total. The fourth-order valence-electron chi connectivity index (χ4n) is 3.34. The first-order valence-electron chi connectivity index (χ1n) is 9.05. The van der Waals surface area contributed by atoms with Gasteiger partial charge in [0.2, 0.25) is 15.9 Å². The molecule has 0 aliphatic carbocycles. The van der Waals surface area contributed by atoms with Crippen LogP contribution in [-0.2, 0) is 34.2 Å². The standard InChI is InChI=1S/C20H25N3O3S/c1-15(23-13-11-17-4-2-3-5-18(17)14-23)20(24)22-12-10-16-6-8-19(9-7-16)27(21,25)26/h2-9,15H,10-14H2,1H3,(H,22,24)(H2,21,25,26)/t15-/m0/s1. The summed E-state index contributed by atoms with van der Waals surface area (Å²) in [6, 6.07) is 14.6. The Hall–Kier alpha value is -2.22. The number of carbonyl (C=O) groups is 1. The smallest absolute Gasteiger partial charge is 0.238 e. The molecule has 7 heteroatoms. The Bertz CT molecular complexity index is 910. The molecule has 2 aromatic rings. The fourth-order valence-corrected chi connectivity index (χ4v) is 3.85. The molecular formula is C20H25N3O3S. The van der Waals surface area contributed by atoms with Crippen LogP contribution in [-0.4, -0.2) is 38.4 Å². The molecule has 1 aliphatic heterocycles. The van der Waals surface area contributed by atoms with E-state index >= 15 is 0 Å². The Labute approximate surface area is 160 Å². The Morgan fingerprint density at radius 1 is 1.15 bits per heavy atom. The second-order valence-electron chi connectivity index (χ2n) is 6.90. The Balaban J connectivity index is 1.49. The van der Waals surface area contributed by atoms with E-state index in [9.17, 15) is 13.2 Å². The van der Waals surface area contributed by atoms with E-state index in [0.717, 1.165) is 25.1 Å². The van der Waals surface area contributed by atoms with Crippen LogP contribution in [0.3, 0.4) is 0 Å². The zero-order valence-electron chi connectivity index (χ0n) is 15.4. The van der Waals surface area contributed by atoms with Gasteiger partial charge < -0.3 is 5.32 Å². The number of nitrogens with one attached hydrogen (secondary N) is 1. The first-order valence-corrected chi connectivity index (χ1v) is 10.6. The summed E-state index contributed by atoms with van der Waals surface area (Å²) in [5, 5.41) is 8.06. The molecule has 0 bridgehead atoms. The molecule has 1 amide bonds. The quantitative estimate of drug-likeness (QED) is 0.784. The molecule has 1 heterocycles. The van der Waals surface area contributed by atoms with Gasteiger partial charge in [-0.2, -0.15) is 0 Å². The van der Waals surface area contributed by atoms with E-state index in [4.69, 9.17) is 5.14 Å². The lowest BCUT2D eigenvalue weighted by Crippen LogP contribution is -2.47. The van der Waals surface area contributed by atoms with Gasteiger partial charge in [0, 0.05) is 19.6 Å². The van der Waals surface area contributed by atoms with Crippen molar-refractivity contribution >= 4 is 15.9 Å². The normalized spacial score (nSPS) is 15.8. The minimum absolute atomic E-state index is 0.00976. The second-order valence-corrected chi connectivity index (χ2v) is 8.46. The third-order valence-corrected chi connectivity index (χ3v) is 5.98. The van der Waals surface area contributed by atoms with Crippen LogP contribution < -0.4 is 10.5 Å². The maximum atomic E-state index is 12.5. The summed E-state index contributed by atoms with van der Waals surface area (Å²) in [6.07, 6.45) is 1.59. The number of fused-ring (bicyclic) bond motifs is 1. The van der Waals surface area contributed by atoms with Crippen LogP contribution in [0.5, 0.6) is 0 Å². The number of primary sulfonamides is 1. The highest BCUT2D eigenvalue weighted by Gasteiger charge is 2.24. The van der Waals surface area contributed by atoms with Crippen molar-refractivity contribution in [3.63, 3.8) is 0 Å². The molecule has 0 aromatic heterocycles. The molecule has 6 nitrogen and oxygen atoms in total. The molecule has 0 spiro atoms. The predicted molar refractivity (Wildman–Crippen MR) is 105 cm³/mol. The number of nitrogens with zero attached hydrogens (tertiary/aromatic N) is 1. The number of nitrogens with two attached hydrogens (primary N) is 1. The maximum absolute atomic E-state index is 12.5. The van der Waals surface area contributed by atoms with E-state index in [-0.39, 0.29) is 16.8 Å². The number of rotatable bonds is 6. The molecule has 144 valence electrons. The monoisotopic (exact) mass is 387 g/mol. The van der Waals surface area contributed by atoms with Crippen LogP contribution >= 0.6 is 0 Å². The third-order valence-electron chi connectivity index (χ3n) is 5.05. The van der Waals surface area contributed by atoms with E-state index in [1.807, 2.05) is 13.0 Å². The van der Waals surface area contributed by atoms with Crippen LogP contribution in [0, 0.1) is 0 Å². The summed E-state index contributed by atoms with van der Waals surface area (Å²) in [5.41, 5.74) is 3.60. The molecule has 0 fully saturated rings. The van der Waals surface area contributed by atoms with Crippen LogP contribution in [0.1, 0.15) is 23.6 Å². The maximum Gasteiger partial charge on any atom is 0.238 e. The highest BCUT2D eigenvalue weighted by molar-refractivity contribution is 7.89. The molecule has 0 unspecified atom stereocenters. The number of sulfonamides is 1. The highest BCUT2D eigenvalue weighted by atomic mass is 32.2. The van der Waals surface area contributed by atoms with E-state index in [1.165, 1.54) is 23.3 Å². The predicted octanol–water partition coefficient (Wildman–Crippen LogP) is 1.44. The molecule has 1 atom stereocenters. The van der Waals surface area contributed by atoms with Crippen molar-refractivity contribution in [3.05, 3.63) is 65.2 Å². The summed E-state index contributed by atoms with van der Waals surface area (Å²) in [6.45, 7) is 4.10. The number of carbonyl (C=O) groups excluding carboxylic acids is 1. The molecular weight excluding hydrogens is 362 g/mol. The van der Waals surface area contributed by atoms with Crippen LogP contribution in [0.15, 0.2) is 53.4 Å². The lowest BCUT2D eigenvalue weighted by molar-refractivity contribution is -0.126. The molecule has 0 saturated carbocycles. The van der Waals surface area contributed by atoms with Crippen molar-refractivity contribution in [3.8, 4) is 0 Å². The van der Waals surface area contributed by atoms with Crippen molar-refractivity contribution in [1.82, 2.24) is 10.2 Å². The zero-order valence-corrected chi connectivity index (χ0v) is 16.2. The number of hydrogen-bond donors (Lipinski definition) is 2. The van der Waals surface area contributed by atoms with Gasteiger partial charge in [-0.15, -0.1) is 0 Å². The second kappa shape index (κ2) is 8.21. The first-order chi connectivity index (χ1) is 12.8. The van der Waals surface area contributed by atoms with Crippen molar-refractivity contribution in [2.45, 2.75) is 37.2 Å². The van der Waals surface area contributed by atoms with Crippen molar-refractivity contribution in [2.75, 3.05) is 13.1 Å². The van der Waals surface area contributed by atoms with Crippen LogP contribution in [0.25, 0.3) is 0 Å². The topological polar surface area (TPSA) is 92.5 Å². The minimum atomic E-state index is -3.67. The number of amides is 1. The van der Waals surface area contributed by atoms with Crippen molar-refractivity contribution in [2.24, 2.45) is 5.14 Å². The largest absolute Gasteiger partial charge is 0.354 e. The summed E-state index contributed by atoms with van der Waals surface area (Å²) < 4.78 is 22.5. The summed E-state index contributed by atoms with van der Waals surface area (Å²) in [4.78, 5) is 14.8. The van der Waals surface area contributed by atoms with Gasteiger partial charge in [0.15, 0.2) is 0 Å². The molecule has 27 heavy (non-hydrogen) atoms. The van der Waals surface area contributed by atoms with E-state index < -0.39 is 10.0 Å². The number of benzene rings is 2. The number of hydrogen-bond acceptors (Lipinski definition) is 4. The minimum Gasteiger partial charge on any atom is -0.354 e. The van der Waals surface area contributed by atoms with Crippen LogP contribution in [0.4, 0.5) is 0 Å². The van der Waals surface area contributed by atoms with Gasteiger partial charge in [0.1, 0.15) is 0 Å². The first kappa shape index (κ1) is 19.5. The van der Waals surface area contributed by atoms with E-state index in [2.05, 4.69) is 28.4 Å². The average Bonchev–Trinajstić information content (AvgIpc) is 2.66. The third kappa shape index (κ3) is 4.94. The van der Waals surface area contributed by atoms with Crippen LogP contribution in [0.2, 0.25) is 0 Å². The van der Waals surface area contributed by atoms with Gasteiger partial charge in [0.25, 0.3) is 0 Å². The highest BCUT2D eigenvalue weighted by Crippen LogP contribution is 2.20. The zero-order chi connectivity index (χ0) is 19.4. The van der Waals surface area contributed by atoms with Gasteiger partial charge in [0.05, 0.1) is 10.9 Å². The summed E-state index contributed by atoms with van der Waals surface area (Å²) in [7, 11) is -3.67. The van der Waals surface area contributed by atoms with Crippen molar-refractivity contribution in [1.29, 1.82) is 0 Å². The Morgan fingerprint density at radius 3 is 2.48 bits per heavy atom. The molecule has 2 aromatic carbocycles. The van der Waals surface area contributed by atoms with Gasteiger partial charge in [-0.25, -0.2) is 13.6 Å². The molecule has 1 aliphatic rings. The van der Waals surface area contributed by atoms with Gasteiger partial charge in [-0.3, -0.25) is 9.69 Å². The lowest BCUT2D eigenvalue weighted by atomic mass is 9.99. The summed E-state index contributed by atoms with van der Waals surface area (Å²) in [5.74, 6) is 0.00976. The van der Waals surface area contributed by atoms with Gasteiger partial charge >= 0.3 is 0 Å². The van der Waals surface area contributed by atoms with Gasteiger partial charge in [-0.05, 0) is 48.6 Å². The molecule has 0 radical (unpaired) electrons. The Morgan fingerprint density at radius 2 is 1.81 bits per heavy atom. The van der Waals surface area contributed by atoms with Gasteiger partial charge in [-0.1, -0.05) is 36.4 Å². The van der Waals surface area contributed by atoms with Crippen molar-refractivity contribution < 1.29 is 13.2 Å². The van der Waals surface area contributed by atoms with E-state index in [1.54, 1.807) is 12.1 Å². The molecule has 0 saturated heterocycles. The lowest BCUT2D eigenvalue weighted by Gasteiger charge is -2.32. The SMILES string of the molecule is C[C@@H](C(=O)NCCc1ccc(S(N)(=O)=O)cc1)N1CCc2ccccc2C1. The average molecular weight is 388 g/mol.